The summed E-state index contributed by atoms with van der Waals surface area (Å²) >= 11 is 0. The Hall–Kier alpha value is -1.09. The Balaban J connectivity index is 3.47. The minimum Gasteiger partial charge on any atom is -0.386 e. The lowest BCUT2D eigenvalue weighted by atomic mass is 10.3. The van der Waals surface area contributed by atoms with Crippen LogP contribution >= 0.6 is 10.7 Å². The number of hydrogen-bond donors (Lipinski definition) is 0. The molecule has 1 aromatic rings. The van der Waals surface area contributed by atoms with Crippen molar-refractivity contribution in [3.63, 3.8) is 0 Å². The average molecular weight is 294 g/mol. The minimum absolute atomic E-state index is 0.279. The summed E-state index contributed by atoms with van der Waals surface area (Å²) in [6.45, 7) is 1.12. The van der Waals surface area contributed by atoms with E-state index in [4.69, 9.17) is 10.7 Å². The zero-order valence-corrected chi connectivity index (χ0v) is 9.62. The highest BCUT2D eigenvalue weighted by Crippen LogP contribution is 2.32. The first-order valence-electron chi connectivity index (χ1n) is 3.88. The monoisotopic (exact) mass is 293 g/mol. The van der Waals surface area contributed by atoms with Gasteiger partial charge in [-0.15, -0.1) is 13.2 Å². The summed E-state index contributed by atoms with van der Waals surface area (Å²) in [6, 6.07) is 0. The van der Waals surface area contributed by atoms with E-state index in [1.165, 1.54) is 0 Å². The third-order valence-corrected chi connectivity index (χ3v) is 2.88. The molecule has 4 nitrogen and oxygen atoms in total. The highest BCUT2D eigenvalue weighted by atomic mass is 35.7. The molecule has 0 aliphatic heterocycles. The minimum atomic E-state index is -5.20. The maximum Gasteiger partial charge on any atom is 0.574 e. The molecule has 17 heavy (non-hydrogen) atoms. The lowest BCUT2D eigenvalue weighted by Crippen LogP contribution is -2.20. The van der Waals surface area contributed by atoms with Crippen molar-refractivity contribution in [2.75, 3.05) is 0 Å². The molecule has 0 fully saturated rings. The van der Waals surface area contributed by atoms with Crippen molar-refractivity contribution in [2.45, 2.75) is 18.2 Å². The Morgan fingerprint density at radius 1 is 1.41 bits per heavy atom. The van der Waals surface area contributed by atoms with Crippen LogP contribution in [0.1, 0.15) is 5.56 Å². The fourth-order valence-electron chi connectivity index (χ4n) is 0.937. The molecule has 1 heterocycles. The van der Waals surface area contributed by atoms with Crippen molar-refractivity contribution in [1.82, 2.24) is 4.98 Å². The lowest BCUT2D eigenvalue weighted by molar-refractivity contribution is -0.277. The molecule has 0 unspecified atom stereocenters. The average Bonchev–Trinajstić information content (AvgIpc) is 2.06. The van der Waals surface area contributed by atoms with Crippen molar-refractivity contribution >= 4 is 19.7 Å². The normalized spacial score (nSPS) is 12.6. The first kappa shape index (κ1) is 14.0. The van der Waals surface area contributed by atoms with Crippen LogP contribution in [0.5, 0.6) is 5.88 Å². The van der Waals surface area contributed by atoms with Gasteiger partial charge in [0.1, 0.15) is 0 Å². The van der Waals surface area contributed by atoms with Crippen LogP contribution in [0.15, 0.2) is 11.1 Å². The van der Waals surface area contributed by atoms with Crippen molar-refractivity contribution in [3.8, 4) is 5.88 Å². The molecule has 0 aromatic carbocycles. The SMILES string of the molecule is Cc1cnc(OC(F)(F)F)c(S(=O)(=O)Cl)c1F. The van der Waals surface area contributed by atoms with Gasteiger partial charge in [-0.3, -0.25) is 0 Å². The Morgan fingerprint density at radius 2 is 1.94 bits per heavy atom. The molecule has 10 heteroatoms. The van der Waals surface area contributed by atoms with Gasteiger partial charge in [-0.25, -0.2) is 17.8 Å². The van der Waals surface area contributed by atoms with Gasteiger partial charge in [0.15, 0.2) is 10.7 Å². The highest BCUT2D eigenvalue weighted by molar-refractivity contribution is 8.13. The molecule has 0 aliphatic rings. The van der Waals surface area contributed by atoms with Crippen LogP contribution in [0, 0.1) is 12.7 Å². The third kappa shape index (κ3) is 3.43. The van der Waals surface area contributed by atoms with E-state index in [0.29, 0.717) is 6.20 Å². The maximum atomic E-state index is 13.4. The van der Waals surface area contributed by atoms with Gasteiger partial charge in [0.2, 0.25) is 5.88 Å². The molecule has 0 spiro atoms. The van der Waals surface area contributed by atoms with E-state index < -0.39 is 32.0 Å². The molecular weight excluding hydrogens is 290 g/mol. The summed E-state index contributed by atoms with van der Waals surface area (Å²) in [5.74, 6) is -2.88. The van der Waals surface area contributed by atoms with Crippen molar-refractivity contribution < 1.29 is 30.7 Å². The fourth-order valence-corrected chi connectivity index (χ4v) is 2.02. The Kier molecular flexibility index (Phi) is 3.53. The topological polar surface area (TPSA) is 56.3 Å². The zero-order chi connectivity index (χ0) is 13.4. The standard InChI is InChI=1S/C7H4ClF4NO3S/c1-3-2-13-6(16-7(10,11)12)5(4(3)9)17(8,14)15/h2H,1H3. The number of ether oxygens (including phenoxy) is 1. The predicted octanol–water partition coefficient (Wildman–Crippen LogP) is 2.36. The van der Waals surface area contributed by atoms with Gasteiger partial charge in [-0.2, -0.15) is 0 Å². The summed E-state index contributed by atoms with van der Waals surface area (Å²) in [7, 11) is 0.0654. The fraction of sp³-hybridized carbons (Fsp3) is 0.286. The van der Waals surface area contributed by atoms with Crippen LogP contribution in [0.4, 0.5) is 17.6 Å². The van der Waals surface area contributed by atoms with Gasteiger partial charge in [0.25, 0.3) is 9.05 Å². The van der Waals surface area contributed by atoms with E-state index in [2.05, 4.69) is 9.72 Å². The summed E-state index contributed by atoms with van der Waals surface area (Å²) in [5.41, 5.74) is -0.279. The van der Waals surface area contributed by atoms with Crippen LogP contribution in [-0.4, -0.2) is 19.8 Å². The van der Waals surface area contributed by atoms with Crippen LogP contribution in [-0.2, 0) is 9.05 Å². The Labute approximate surface area is 97.6 Å². The quantitative estimate of drug-likeness (QED) is 0.620. The third-order valence-electron chi connectivity index (χ3n) is 1.57. The zero-order valence-electron chi connectivity index (χ0n) is 8.05. The van der Waals surface area contributed by atoms with Gasteiger partial charge < -0.3 is 4.74 Å². The smallest absolute Gasteiger partial charge is 0.386 e. The number of alkyl halides is 3. The van der Waals surface area contributed by atoms with Gasteiger partial charge in [-0.1, -0.05) is 0 Å². The van der Waals surface area contributed by atoms with E-state index in [1.54, 1.807) is 0 Å². The second-order valence-corrected chi connectivity index (χ2v) is 5.38. The molecule has 0 N–H and O–H groups in total. The van der Waals surface area contributed by atoms with E-state index in [0.717, 1.165) is 6.92 Å². The van der Waals surface area contributed by atoms with Crippen LogP contribution in [0.2, 0.25) is 0 Å². The first-order valence-corrected chi connectivity index (χ1v) is 6.19. The van der Waals surface area contributed by atoms with Crippen molar-refractivity contribution in [3.05, 3.63) is 17.6 Å². The summed E-state index contributed by atoms with van der Waals surface area (Å²) < 4.78 is 74.3. The largest absolute Gasteiger partial charge is 0.574 e. The number of hydrogen-bond acceptors (Lipinski definition) is 4. The highest BCUT2D eigenvalue weighted by Gasteiger charge is 2.36. The molecule has 96 valence electrons. The van der Waals surface area contributed by atoms with Gasteiger partial charge in [0, 0.05) is 22.4 Å². The Morgan fingerprint density at radius 3 is 2.35 bits per heavy atom. The molecule has 0 saturated carbocycles. The van der Waals surface area contributed by atoms with Gasteiger partial charge in [-0.05, 0) is 6.92 Å². The predicted molar refractivity (Wildman–Crippen MR) is 48.7 cm³/mol. The van der Waals surface area contributed by atoms with E-state index in [-0.39, 0.29) is 5.56 Å². The van der Waals surface area contributed by atoms with Crippen LogP contribution in [0.3, 0.4) is 0 Å². The molecular formula is C7H4ClF4NO3S. The molecule has 0 bridgehead atoms. The van der Waals surface area contributed by atoms with Crippen LogP contribution < -0.4 is 4.74 Å². The second kappa shape index (κ2) is 4.30. The van der Waals surface area contributed by atoms with Crippen LogP contribution in [0.25, 0.3) is 0 Å². The van der Waals surface area contributed by atoms with E-state index in [9.17, 15) is 26.0 Å². The number of halogens is 5. The molecule has 0 aliphatic carbocycles. The summed E-state index contributed by atoms with van der Waals surface area (Å²) in [6.07, 6.45) is -4.51. The summed E-state index contributed by atoms with van der Waals surface area (Å²) in [4.78, 5) is 1.61. The molecule has 0 saturated heterocycles. The number of pyridine rings is 1. The molecule has 1 rings (SSSR count). The number of nitrogens with zero attached hydrogens (tertiary/aromatic N) is 1. The molecule has 0 atom stereocenters. The first-order chi connectivity index (χ1) is 7.52. The van der Waals surface area contributed by atoms with Gasteiger partial charge in [0.05, 0.1) is 0 Å². The second-order valence-electron chi connectivity index (χ2n) is 2.88. The number of aryl methyl sites for hydroxylation is 1. The molecule has 0 amide bonds. The lowest BCUT2D eigenvalue weighted by Gasteiger charge is -2.11. The van der Waals surface area contributed by atoms with Gasteiger partial charge >= 0.3 is 6.36 Å². The number of aromatic nitrogens is 1. The Bertz CT molecular complexity index is 543. The summed E-state index contributed by atoms with van der Waals surface area (Å²) in [5, 5.41) is 0. The van der Waals surface area contributed by atoms with E-state index >= 15 is 0 Å². The van der Waals surface area contributed by atoms with E-state index in [1.807, 2.05) is 0 Å². The number of rotatable bonds is 2. The van der Waals surface area contributed by atoms with Crippen molar-refractivity contribution in [1.29, 1.82) is 0 Å². The molecule has 0 radical (unpaired) electrons. The molecule has 1 aromatic heterocycles. The maximum absolute atomic E-state index is 13.4. The van der Waals surface area contributed by atoms with Crippen molar-refractivity contribution in [2.24, 2.45) is 0 Å².